The SMILES string of the molecule is CC1(C)C2CCC1(C)C(Oc1nc(NN)ncc1Cl)C2. The van der Waals surface area contributed by atoms with Crippen molar-refractivity contribution in [2.45, 2.75) is 46.1 Å². The number of nitrogens with one attached hydrogen (secondary N) is 1. The normalized spacial score (nSPS) is 34.2. The van der Waals surface area contributed by atoms with Crippen LogP contribution in [-0.4, -0.2) is 16.1 Å². The van der Waals surface area contributed by atoms with Crippen LogP contribution in [0.3, 0.4) is 0 Å². The molecule has 1 aromatic heterocycles. The monoisotopic (exact) mass is 296 g/mol. The first kappa shape index (κ1) is 13.9. The number of halogens is 1. The van der Waals surface area contributed by atoms with Crippen LogP contribution in [0.1, 0.15) is 40.0 Å². The number of nitrogens with zero attached hydrogens (tertiary/aromatic N) is 2. The predicted octanol–water partition coefficient (Wildman–Crippen LogP) is 3.01. The highest BCUT2D eigenvalue weighted by atomic mass is 35.5. The molecule has 0 aromatic carbocycles. The van der Waals surface area contributed by atoms with E-state index in [4.69, 9.17) is 22.2 Å². The molecule has 0 amide bonds. The van der Waals surface area contributed by atoms with Crippen LogP contribution in [-0.2, 0) is 0 Å². The van der Waals surface area contributed by atoms with Crippen LogP contribution in [0.15, 0.2) is 6.20 Å². The quantitative estimate of drug-likeness (QED) is 0.662. The number of fused-ring (bicyclic) bond motifs is 2. The van der Waals surface area contributed by atoms with Gasteiger partial charge in [0.2, 0.25) is 11.8 Å². The smallest absolute Gasteiger partial charge is 0.240 e. The van der Waals surface area contributed by atoms with Gasteiger partial charge in [0.15, 0.2) is 0 Å². The van der Waals surface area contributed by atoms with Crippen LogP contribution >= 0.6 is 11.6 Å². The van der Waals surface area contributed by atoms with Crippen LogP contribution in [0.25, 0.3) is 0 Å². The summed E-state index contributed by atoms with van der Waals surface area (Å²) in [6.45, 7) is 7.02. The molecule has 2 bridgehead atoms. The Morgan fingerprint density at radius 2 is 2.20 bits per heavy atom. The number of hydrazine groups is 1. The number of nitrogens with two attached hydrogens (primary N) is 1. The molecule has 3 N–H and O–H groups in total. The third-order valence-electron chi connectivity index (χ3n) is 5.81. The topological polar surface area (TPSA) is 73.1 Å². The molecule has 2 saturated carbocycles. The van der Waals surface area contributed by atoms with E-state index in [9.17, 15) is 0 Å². The molecule has 2 aliphatic carbocycles. The van der Waals surface area contributed by atoms with Crippen molar-refractivity contribution >= 4 is 17.5 Å². The van der Waals surface area contributed by atoms with Gasteiger partial charge in [0.05, 0.1) is 6.20 Å². The zero-order valence-corrected chi connectivity index (χ0v) is 12.9. The lowest BCUT2D eigenvalue weighted by molar-refractivity contribution is 0.0274. The van der Waals surface area contributed by atoms with E-state index in [1.54, 1.807) is 0 Å². The molecule has 3 rings (SSSR count). The van der Waals surface area contributed by atoms with Crippen molar-refractivity contribution in [2.75, 3.05) is 5.43 Å². The summed E-state index contributed by atoms with van der Waals surface area (Å²) in [7, 11) is 0. The molecule has 6 heteroatoms. The van der Waals surface area contributed by atoms with Gasteiger partial charge in [-0.1, -0.05) is 32.4 Å². The lowest BCUT2D eigenvalue weighted by Crippen LogP contribution is -2.39. The Labute approximate surface area is 124 Å². The highest BCUT2D eigenvalue weighted by Crippen LogP contribution is 2.66. The van der Waals surface area contributed by atoms with E-state index in [0.717, 1.165) is 6.42 Å². The standard InChI is InChI=1S/C14H21ClN4O/c1-13(2)8-4-5-14(13,3)10(6-8)20-11-9(15)7-17-12(18-11)19-16/h7-8,10H,4-6,16H2,1-3H3,(H,17,18,19). The van der Waals surface area contributed by atoms with Gasteiger partial charge in [-0.15, -0.1) is 0 Å². The predicted molar refractivity (Wildman–Crippen MR) is 78.5 cm³/mol. The first-order valence-corrected chi connectivity index (χ1v) is 7.42. The maximum atomic E-state index is 6.14. The Hall–Kier alpha value is -1.07. The van der Waals surface area contributed by atoms with E-state index in [0.29, 0.717) is 28.2 Å². The van der Waals surface area contributed by atoms with Gasteiger partial charge < -0.3 is 4.74 Å². The summed E-state index contributed by atoms with van der Waals surface area (Å²) in [4.78, 5) is 8.18. The number of hydrogen-bond donors (Lipinski definition) is 2. The number of anilines is 1. The zero-order valence-electron chi connectivity index (χ0n) is 12.1. The second-order valence-electron chi connectivity index (χ2n) is 6.71. The third-order valence-corrected chi connectivity index (χ3v) is 6.07. The second kappa shape index (κ2) is 4.46. The molecule has 2 aliphatic rings. The van der Waals surface area contributed by atoms with Gasteiger partial charge >= 0.3 is 0 Å². The molecule has 0 saturated heterocycles. The molecule has 2 fully saturated rings. The van der Waals surface area contributed by atoms with Crippen LogP contribution in [0, 0.1) is 16.7 Å². The molecule has 0 spiro atoms. The molecular weight excluding hydrogens is 276 g/mol. The van der Waals surface area contributed by atoms with E-state index in [-0.39, 0.29) is 11.5 Å². The molecule has 1 aromatic rings. The van der Waals surface area contributed by atoms with Gasteiger partial charge in [-0.25, -0.2) is 10.8 Å². The van der Waals surface area contributed by atoms with Gasteiger partial charge in [0, 0.05) is 5.41 Å². The fourth-order valence-electron chi connectivity index (χ4n) is 3.95. The molecule has 110 valence electrons. The maximum absolute atomic E-state index is 6.14. The molecule has 3 atom stereocenters. The van der Waals surface area contributed by atoms with Crippen molar-refractivity contribution in [3.8, 4) is 5.88 Å². The Balaban J connectivity index is 1.87. The number of nitrogen functional groups attached to an aromatic ring is 1. The molecule has 20 heavy (non-hydrogen) atoms. The van der Waals surface area contributed by atoms with E-state index < -0.39 is 0 Å². The molecule has 0 radical (unpaired) electrons. The van der Waals surface area contributed by atoms with Gasteiger partial charge in [-0.2, -0.15) is 4.98 Å². The Bertz CT molecular complexity index is 536. The van der Waals surface area contributed by atoms with Crippen LogP contribution in [0.5, 0.6) is 5.88 Å². The average molecular weight is 297 g/mol. The largest absolute Gasteiger partial charge is 0.473 e. The number of ether oxygens (including phenoxy) is 1. The molecule has 1 heterocycles. The minimum Gasteiger partial charge on any atom is -0.473 e. The van der Waals surface area contributed by atoms with E-state index in [1.807, 2.05) is 0 Å². The summed E-state index contributed by atoms with van der Waals surface area (Å²) in [5.74, 6) is 6.78. The van der Waals surface area contributed by atoms with Crippen molar-refractivity contribution in [3.05, 3.63) is 11.2 Å². The zero-order chi connectivity index (χ0) is 14.5. The summed E-state index contributed by atoms with van der Waals surface area (Å²) in [6.07, 6.45) is 5.21. The number of aromatic nitrogens is 2. The van der Waals surface area contributed by atoms with Crippen molar-refractivity contribution in [2.24, 2.45) is 22.6 Å². The molecule has 3 unspecified atom stereocenters. The average Bonchev–Trinajstić information content (AvgIpc) is 2.74. The van der Waals surface area contributed by atoms with Crippen molar-refractivity contribution in [1.29, 1.82) is 0 Å². The summed E-state index contributed by atoms with van der Waals surface area (Å²) in [6, 6.07) is 0. The van der Waals surface area contributed by atoms with Crippen LogP contribution in [0.2, 0.25) is 5.02 Å². The molecule has 5 nitrogen and oxygen atoms in total. The Morgan fingerprint density at radius 3 is 2.75 bits per heavy atom. The lowest BCUT2D eigenvalue weighted by Gasteiger charge is -2.38. The van der Waals surface area contributed by atoms with E-state index in [2.05, 4.69) is 36.2 Å². The highest BCUT2D eigenvalue weighted by Gasteiger charge is 2.62. The fourth-order valence-corrected chi connectivity index (χ4v) is 4.08. The number of hydrogen-bond acceptors (Lipinski definition) is 5. The van der Waals surface area contributed by atoms with Crippen LogP contribution < -0.4 is 16.0 Å². The Kier molecular flexibility index (Phi) is 3.10. The third kappa shape index (κ3) is 1.79. The number of rotatable bonds is 3. The fraction of sp³-hybridized carbons (Fsp3) is 0.714. The van der Waals surface area contributed by atoms with E-state index >= 15 is 0 Å². The Morgan fingerprint density at radius 1 is 1.45 bits per heavy atom. The van der Waals surface area contributed by atoms with Crippen LogP contribution in [0.4, 0.5) is 5.95 Å². The summed E-state index contributed by atoms with van der Waals surface area (Å²) >= 11 is 6.13. The molecular formula is C14H21ClN4O. The summed E-state index contributed by atoms with van der Waals surface area (Å²) < 4.78 is 6.14. The van der Waals surface area contributed by atoms with Crippen molar-refractivity contribution in [1.82, 2.24) is 9.97 Å². The summed E-state index contributed by atoms with van der Waals surface area (Å²) in [5.41, 5.74) is 2.88. The lowest BCUT2D eigenvalue weighted by atomic mass is 9.70. The minimum absolute atomic E-state index is 0.147. The molecule has 0 aliphatic heterocycles. The highest BCUT2D eigenvalue weighted by molar-refractivity contribution is 6.31. The second-order valence-corrected chi connectivity index (χ2v) is 7.12. The van der Waals surface area contributed by atoms with Crippen molar-refractivity contribution in [3.63, 3.8) is 0 Å². The maximum Gasteiger partial charge on any atom is 0.240 e. The van der Waals surface area contributed by atoms with Gasteiger partial charge in [-0.3, -0.25) is 5.43 Å². The van der Waals surface area contributed by atoms with Gasteiger partial charge in [0.25, 0.3) is 0 Å². The minimum atomic E-state index is 0.147. The van der Waals surface area contributed by atoms with E-state index in [1.165, 1.54) is 19.0 Å². The van der Waals surface area contributed by atoms with Crippen molar-refractivity contribution < 1.29 is 4.74 Å². The van der Waals surface area contributed by atoms with Gasteiger partial charge in [0.1, 0.15) is 11.1 Å². The first-order valence-electron chi connectivity index (χ1n) is 7.04. The van der Waals surface area contributed by atoms with Gasteiger partial charge in [-0.05, 0) is 30.6 Å². The summed E-state index contributed by atoms with van der Waals surface area (Å²) in [5, 5.41) is 0.424. The first-order chi connectivity index (χ1) is 9.38.